The van der Waals surface area contributed by atoms with E-state index in [1.807, 2.05) is 0 Å². The molecule has 0 amide bonds. The number of hydrogen-bond acceptors (Lipinski definition) is 3. The van der Waals surface area contributed by atoms with Crippen molar-refractivity contribution in [3.63, 3.8) is 0 Å². The lowest BCUT2D eigenvalue weighted by Crippen LogP contribution is -2.35. The Labute approximate surface area is 131 Å². The summed E-state index contributed by atoms with van der Waals surface area (Å²) >= 11 is 0. The fourth-order valence-corrected chi connectivity index (χ4v) is 5.29. The van der Waals surface area contributed by atoms with E-state index in [9.17, 15) is 12.8 Å². The summed E-state index contributed by atoms with van der Waals surface area (Å²) in [6, 6.07) is 6.66. The molecule has 2 fully saturated rings. The van der Waals surface area contributed by atoms with Crippen molar-refractivity contribution < 1.29 is 17.5 Å². The Morgan fingerprint density at radius 3 is 2.64 bits per heavy atom. The Morgan fingerprint density at radius 2 is 1.91 bits per heavy atom. The second-order valence-corrected chi connectivity index (χ2v) is 8.21. The highest BCUT2D eigenvalue weighted by Gasteiger charge is 2.34. The smallest absolute Gasteiger partial charge is 0.214 e. The van der Waals surface area contributed by atoms with Crippen LogP contribution in [0.1, 0.15) is 30.7 Å². The molecule has 1 atom stereocenters. The zero-order chi connectivity index (χ0) is 15.6. The molecule has 122 valence electrons. The van der Waals surface area contributed by atoms with Crippen LogP contribution in [0.3, 0.4) is 0 Å². The van der Waals surface area contributed by atoms with Crippen LogP contribution in [0.4, 0.5) is 4.39 Å². The number of hydrogen-bond donors (Lipinski definition) is 0. The molecule has 0 N–H and O–H groups in total. The van der Waals surface area contributed by atoms with E-state index in [4.69, 9.17) is 4.74 Å². The molecule has 2 heterocycles. The van der Waals surface area contributed by atoms with Crippen LogP contribution in [0, 0.1) is 11.7 Å². The van der Waals surface area contributed by atoms with Gasteiger partial charge in [0.1, 0.15) is 5.82 Å². The minimum absolute atomic E-state index is 0.0364. The van der Waals surface area contributed by atoms with Crippen LogP contribution >= 0.6 is 0 Å². The molecule has 1 aromatic carbocycles. The summed E-state index contributed by atoms with van der Waals surface area (Å²) in [7, 11) is -3.26. The third-order valence-corrected chi connectivity index (χ3v) is 6.69. The average molecular weight is 327 g/mol. The van der Waals surface area contributed by atoms with Gasteiger partial charge in [-0.05, 0) is 36.8 Å². The maximum Gasteiger partial charge on any atom is 0.214 e. The van der Waals surface area contributed by atoms with Crippen molar-refractivity contribution in [3.05, 3.63) is 35.6 Å². The van der Waals surface area contributed by atoms with E-state index in [-0.39, 0.29) is 23.4 Å². The third-order valence-electron chi connectivity index (χ3n) is 4.68. The van der Waals surface area contributed by atoms with Gasteiger partial charge in [-0.1, -0.05) is 18.2 Å². The van der Waals surface area contributed by atoms with Crippen molar-refractivity contribution in [1.82, 2.24) is 4.31 Å². The lowest BCUT2D eigenvalue weighted by molar-refractivity contribution is 0.0721. The number of benzene rings is 1. The van der Waals surface area contributed by atoms with Gasteiger partial charge in [-0.25, -0.2) is 17.1 Å². The van der Waals surface area contributed by atoms with E-state index in [1.165, 1.54) is 6.07 Å². The molecule has 0 radical (unpaired) electrons. The highest BCUT2D eigenvalue weighted by Crippen LogP contribution is 2.31. The lowest BCUT2D eigenvalue weighted by Gasteiger charge is -2.24. The second-order valence-electron chi connectivity index (χ2n) is 6.20. The van der Waals surface area contributed by atoms with E-state index >= 15 is 0 Å². The number of nitrogens with zero attached hydrogens (tertiary/aromatic N) is 1. The summed E-state index contributed by atoms with van der Waals surface area (Å²) in [4.78, 5) is 0. The first-order valence-corrected chi connectivity index (χ1v) is 9.47. The normalized spacial score (nSPS) is 24.7. The molecule has 1 unspecified atom stereocenters. The number of rotatable bonds is 4. The van der Waals surface area contributed by atoms with Gasteiger partial charge in [0.2, 0.25) is 10.0 Å². The SMILES string of the molecule is O=S(=O)(CC1CCOCC1)N1CCC(c2ccccc2F)C1. The second kappa shape index (κ2) is 6.64. The van der Waals surface area contributed by atoms with Gasteiger partial charge in [0, 0.05) is 32.2 Å². The molecule has 2 aliphatic rings. The van der Waals surface area contributed by atoms with Gasteiger partial charge < -0.3 is 4.74 Å². The molecule has 0 bridgehead atoms. The zero-order valence-corrected chi connectivity index (χ0v) is 13.4. The molecule has 0 aromatic heterocycles. The van der Waals surface area contributed by atoms with Gasteiger partial charge in [-0.2, -0.15) is 0 Å². The van der Waals surface area contributed by atoms with E-state index < -0.39 is 10.0 Å². The van der Waals surface area contributed by atoms with E-state index in [0.29, 0.717) is 38.3 Å². The van der Waals surface area contributed by atoms with Crippen LogP contribution in [-0.2, 0) is 14.8 Å². The lowest BCUT2D eigenvalue weighted by atomic mass is 9.98. The van der Waals surface area contributed by atoms with E-state index in [1.54, 1.807) is 22.5 Å². The molecule has 22 heavy (non-hydrogen) atoms. The predicted molar refractivity (Wildman–Crippen MR) is 82.7 cm³/mol. The first kappa shape index (κ1) is 15.9. The first-order valence-electron chi connectivity index (χ1n) is 7.86. The summed E-state index contributed by atoms with van der Waals surface area (Å²) in [5.41, 5.74) is 0.631. The monoisotopic (exact) mass is 327 g/mol. The first-order chi connectivity index (χ1) is 10.6. The maximum atomic E-state index is 13.9. The summed E-state index contributed by atoms with van der Waals surface area (Å²) < 4.78 is 45.8. The van der Waals surface area contributed by atoms with Crippen LogP contribution in [0.5, 0.6) is 0 Å². The van der Waals surface area contributed by atoms with Gasteiger partial charge in [0.25, 0.3) is 0 Å². The Kier molecular flexibility index (Phi) is 4.80. The topological polar surface area (TPSA) is 46.6 Å². The van der Waals surface area contributed by atoms with Gasteiger partial charge in [-0.3, -0.25) is 0 Å². The maximum absolute atomic E-state index is 13.9. The third kappa shape index (κ3) is 3.50. The Bertz CT molecular complexity index is 614. The van der Waals surface area contributed by atoms with Crippen molar-refractivity contribution >= 4 is 10.0 Å². The highest BCUT2D eigenvalue weighted by atomic mass is 32.2. The molecule has 4 nitrogen and oxygen atoms in total. The van der Waals surface area contributed by atoms with Crippen LogP contribution in [0.15, 0.2) is 24.3 Å². The summed E-state index contributed by atoms with van der Waals surface area (Å²) in [5.74, 6) is 0.105. The van der Waals surface area contributed by atoms with Gasteiger partial charge in [0.15, 0.2) is 0 Å². The Hall–Kier alpha value is -0.980. The van der Waals surface area contributed by atoms with Gasteiger partial charge in [0.05, 0.1) is 5.75 Å². The molecule has 3 rings (SSSR count). The summed E-state index contributed by atoms with van der Waals surface area (Å²) in [5, 5.41) is 0. The summed E-state index contributed by atoms with van der Waals surface area (Å²) in [6.45, 7) is 2.19. The van der Waals surface area contributed by atoms with Crippen LogP contribution in [0.25, 0.3) is 0 Å². The van der Waals surface area contributed by atoms with Gasteiger partial charge in [-0.15, -0.1) is 0 Å². The van der Waals surface area contributed by atoms with E-state index in [0.717, 1.165) is 12.8 Å². The average Bonchev–Trinajstić information content (AvgIpc) is 2.99. The molecule has 2 aliphatic heterocycles. The predicted octanol–water partition coefficient (Wildman–Crippen LogP) is 2.37. The molecule has 2 saturated heterocycles. The summed E-state index contributed by atoms with van der Waals surface area (Å²) in [6.07, 6.45) is 2.31. The van der Waals surface area contributed by atoms with E-state index in [2.05, 4.69) is 0 Å². The Balaban J connectivity index is 1.65. The fourth-order valence-electron chi connectivity index (χ4n) is 3.36. The highest BCUT2D eigenvalue weighted by molar-refractivity contribution is 7.89. The van der Waals surface area contributed by atoms with Crippen molar-refractivity contribution in [3.8, 4) is 0 Å². The quantitative estimate of drug-likeness (QED) is 0.853. The van der Waals surface area contributed by atoms with Crippen molar-refractivity contribution in [2.24, 2.45) is 5.92 Å². The molecule has 1 aromatic rings. The largest absolute Gasteiger partial charge is 0.381 e. The molecule has 0 aliphatic carbocycles. The van der Waals surface area contributed by atoms with Crippen molar-refractivity contribution in [2.45, 2.75) is 25.2 Å². The molecule has 6 heteroatoms. The molecular weight excluding hydrogens is 305 g/mol. The fraction of sp³-hybridized carbons (Fsp3) is 0.625. The molecule has 0 spiro atoms. The minimum Gasteiger partial charge on any atom is -0.381 e. The van der Waals surface area contributed by atoms with Crippen LogP contribution in [0.2, 0.25) is 0 Å². The van der Waals surface area contributed by atoms with Crippen molar-refractivity contribution in [2.75, 3.05) is 32.1 Å². The number of sulfonamides is 1. The number of ether oxygens (including phenoxy) is 1. The zero-order valence-electron chi connectivity index (χ0n) is 12.6. The minimum atomic E-state index is -3.26. The molecular formula is C16H22FNO3S. The van der Waals surface area contributed by atoms with Gasteiger partial charge >= 0.3 is 0 Å². The number of halogens is 1. The van der Waals surface area contributed by atoms with Crippen LogP contribution in [-0.4, -0.2) is 44.8 Å². The standard InChI is InChI=1S/C16H22FNO3S/c17-16-4-2-1-3-15(16)14-5-8-18(11-14)22(19,20)12-13-6-9-21-10-7-13/h1-4,13-14H,5-12H2. The van der Waals surface area contributed by atoms with Crippen molar-refractivity contribution in [1.29, 1.82) is 0 Å². The molecule has 0 saturated carbocycles. The Morgan fingerprint density at radius 1 is 1.18 bits per heavy atom. The van der Waals surface area contributed by atoms with Crippen LogP contribution < -0.4 is 0 Å².